The van der Waals surface area contributed by atoms with Gasteiger partial charge in [-0.1, -0.05) is 24.0 Å². The smallest absolute Gasteiger partial charge is 0.341 e. The fraction of sp³-hybridized carbons (Fsp3) is 0.208. The van der Waals surface area contributed by atoms with Crippen LogP contribution in [0.15, 0.2) is 60.7 Å². The summed E-state index contributed by atoms with van der Waals surface area (Å²) in [5.74, 6) is 7.20. The second-order valence-electron chi connectivity index (χ2n) is 6.26. The topological polar surface area (TPSA) is 56.8 Å². The van der Waals surface area contributed by atoms with Crippen molar-refractivity contribution in [2.75, 3.05) is 26.1 Å². The second-order valence-corrected chi connectivity index (χ2v) is 6.26. The maximum Gasteiger partial charge on any atom is 0.341 e. The summed E-state index contributed by atoms with van der Waals surface area (Å²) in [6, 6.07) is 18.3. The van der Waals surface area contributed by atoms with Crippen LogP contribution in [0.1, 0.15) is 12.5 Å². The first-order valence-corrected chi connectivity index (χ1v) is 9.29. The Balaban J connectivity index is 1.84. The van der Waals surface area contributed by atoms with E-state index in [4.69, 9.17) is 14.2 Å². The number of fused-ring (bicyclic) bond motifs is 1. The quantitative estimate of drug-likeness (QED) is 0.504. The van der Waals surface area contributed by atoms with Crippen LogP contribution in [-0.2, 0) is 9.53 Å². The number of hydrogen-bond donors (Lipinski definition) is 1. The molecule has 0 aliphatic carbocycles. The number of benzene rings is 3. The number of esters is 1. The van der Waals surface area contributed by atoms with Gasteiger partial charge in [0, 0.05) is 11.3 Å². The highest BCUT2D eigenvalue weighted by atomic mass is 16.5. The molecule has 0 saturated heterocycles. The van der Waals surface area contributed by atoms with E-state index in [9.17, 15) is 4.79 Å². The molecule has 1 unspecified atom stereocenters. The lowest BCUT2D eigenvalue weighted by atomic mass is 10.1. The maximum absolute atomic E-state index is 12.3. The molecule has 0 aliphatic heterocycles. The van der Waals surface area contributed by atoms with Crippen molar-refractivity contribution < 1.29 is 19.0 Å². The Morgan fingerprint density at radius 1 is 0.931 bits per heavy atom. The van der Waals surface area contributed by atoms with Crippen LogP contribution in [0.4, 0.5) is 5.69 Å². The molecule has 0 heterocycles. The molecule has 0 radical (unpaired) electrons. The van der Waals surface area contributed by atoms with Gasteiger partial charge in [-0.25, -0.2) is 4.79 Å². The molecule has 148 valence electrons. The molecule has 0 amide bonds. The van der Waals surface area contributed by atoms with Gasteiger partial charge in [-0.2, -0.15) is 0 Å². The number of rotatable bonds is 6. The van der Waals surface area contributed by atoms with E-state index in [1.54, 1.807) is 21.1 Å². The largest absolute Gasteiger partial charge is 0.497 e. The highest BCUT2D eigenvalue weighted by molar-refractivity contribution is 5.86. The first-order valence-electron chi connectivity index (χ1n) is 9.29. The van der Waals surface area contributed by atoms with E-state index in [1.165, 1.54) is 0 Å². The van der Waals surface area contributed by atoms with Crippen molar-refractivity contribution in [3.63, 3.8) is 0 Å². The molecule has 3 aromatic carbocycles. The zero-order valence-electron chi connectivity index (χ0n) is 16.7. The van der Waals surface area contributed by atoms with Crippen molar-refractivity contribution >= 4 is 22.4 Å². The molecule has 5 heteroatoms. The number of anilines is 1. The second kappa shape index (κ2) is 9.52. The van der Waals surface area contributed by atoms with Crippen molar-refractivity contribution in [3.8, 4) is 23.3 Å². The van der Waals surface area contributed by atoms with E-state index in [0.29, 0.717) is 6.61 Å². The van der Waals surface area contributed by atoms with Crippen LogP contribution in [0.3, 0.4) is 0 Å². The zero-order valence-corrected chi connectivity index (χ0v) is 16.7. The van der Waals surface area contributed by atoms with Crippen LogP contribution in [0.5, 0.6) is 11.5 Å². The highest BCUT2D eigenvalue weighted by Gasteiger charge is 2.17. The Hall–Kier alpha value is -3.65. The number of ether oxygens (including phenoxy) is 3. The van der Waals surface area contributed by atoms with Crippen LogP contribution in [0, 0.1) is 11.8 Å². The van der Waals surface area contributed by atoms with Gasteiger partial charge in [0.05, 0.1) is 20.8 Å². The summed E-state index contributed by atoms with van der Waals surface area (Å²) in [7, 11) is 3.25. The first kappa shape index (κ1) is 20.1. The van der Waals surface area contributed by atoms with Gasteiger partial charge in [0.2, 0.25) is 0 Å². The summed E-state index contributed by atoms with van der Waals surface area (Å²) < 4.78 is 15.6. The fourth-order valence-electron chi connectivity index (χ4n) is 2.82. The molecule has 0 aliphatic rings. The first-order chi connectivity index (χ1) is 14.1. The molecule has 29 heavy (non-hydrogen) atoms. The highest BCUT2D eigenvalue weighted by Crippen LogP contribution is 2.21. The van der Waals surface area contributed by atoms with E-state index in [-0.39, 0.29) is 0 Å². The average molecular weight is 389 g/mol. The van der Waals surface area contributed by atoms with Gasteiger partial charge >= 0.3 is 5.97 Å². The van der Waals surface area contributed by atoms with Crippen LogP contribution in [0.25, 0.3) is 10.8 Å². The SMILES string of the molecule is CCOC(=O)C(C#Cc1ccc2cc(OC)ccc2c1)Nc1ccc(OC)cc1. The predicted molar refractivity (Wildman–Crippen MR) is 114 cm³/mol. The molecule has 0 spiro atoms. The van der Waals surface area contributed by atoms with E-state index in [1.807, 2.05) is 60.7 Å². The van der Waals surface area contributed by atoms with Crippen LogP contribution in [-0.4, -0.2) is 32.8 Å². The third kappa shape index (κ3) is 5.20. The molecule has 3 aromatic rings. The monoisotopic (exact) mass is 389 g/mol. The minimum atomic E-state index is -0.782. The maximum atomic E-state index is 12.3. The zero-order chi connectivity index (χ0) is 20.6. The molecular weight excluding hydrogens is 366 g/mol. The Labute approximate surface area is 170 Å². The van der Waals surface area contributed by atoms with E-state index in [0.717, 1.165) is 33.5 Å². The van der Waals surface area contributed by atoms with Crippen molar-refractivity contribution in [1.29, 1.82) is 0 Å². The van der Waals surface area contributed by atoms with Gasteiger partial charge in [-0.05, 0) is 66.2 Å². The van der Waals surface area contributed by atoms with Crippen LogP contribution < -0.4 is 14.8 Å². The van der Waals surface area contributed by atoms with E-state index >= 15 is 0 Å². The van der Waals surface area contributed by atoms with Crippen molar-refractivity contribution in [1.82, 2.24) is 0 Å². The van der Waals surface area contributed by atoms with Crippen LogP contribution >= 0.6 is 0 Å². The molecule has 0 fully saturated rings. The minimum Gasteiger partial charge on any atom is -0.497 e. The Bertz CT molecular complexity index is 1050. The van der Waals surface area contributed by atoms with Gasteiger partial charge in [-0.15, -0.1) is 0 Å². The lowest BCUT2D eigenvalue weighted by Crippen LogP contribution is -2.30. The Morgan fingerprint density at radius 2 is 1.59 bits per heavy atom. The summed E-state index contributed by atoms with van der Waals surface area (Å²) in [6.45, 7) is 2.06. The van der Waals surface area contributed by atoms with Crippen molar-refractivity contribution in [2.45, 2.75) is 13.0 Å². The average Bonchev–Trinajstić information content (AvgIpc) is 2.76. The van der Waals surface area contributed by atoms with Crippen molar-refractivity contribution in [3.05, 3.63) is 66.2 Å². The summed E-state index contributed by atoms with van der Waals surface area (Å²) in [5.41, 5.74) is 1.57. The third-order valence-corrected chi connectivity index (χ3v) is 4.33. The van der Waals surface area contributed by atoms with Gasteiger partial charge in [0.1, 0.15) is 11.5 Å². The number of hydrogen-bond acceptors (Lipinski definition) is 5. The van der Waals surface area contributed by atoms with Gasteiger partial charge < -0.3 is 19.5 Å². The lowest BCUT2D eigenvalue weighted by Gasteiger charge is -2.13. The third-order valence-electron chi connectivity index (χ3n) is 4.33. The standard InChI is InChI=1S/C24H23NO4/c1-4-29-24(26)23(25-20-9-12-21(27-2)13-10-20)14-6-17-5-7-19-16-22(28-3)11-8-18(19)15-17/h5,7-13,15-16,23,25H,4H2,1-3H3. The van der Waals surface area contributed by atoms with Gasteiger partial charge in [0.15, 0.2) is 6.04 Å². The lowest BCUT2D eigenvalue weighted by molar-refractivity contribution is -0.142. The van der Waals surface area contributed by atoms with Gasteiger partial charge in [-0.3, -0.25) is 0 Å². The Morgan fingerprint density at radius 3 is 2.28 bits per heavy atom. The summed E-state index contributed by atoms with van der Waals surface area (Å²) in [4.78, 5) is 12.3. The summed E-state index contributed by atoms with van der Waals surface area (Å²) >= 11 is 0. The summed E-state index contributed by atoms with van der Waals surface area (Å²) in [6.07, 6.45) is 0. The van der Waals surface area contributed by atoms with Gasteiger partial charge in [0.25, 0.3) is 0 Å². The minimum absolute atomic E-state index is 0.291. The molecule has 1 N–H and O–H groups in total. The predicted octanol–water partition coefficient (Wildman–Crippen LogP) is 4.25. The number of carbonyl (C=O) groups is 1. The fourth-order valence-corrected chi connectivity index (χ4v) is 2.82. The number of nitrogens with one attached hydrogen (secondary N) is 1. The van der Waals surface area contributed by atoms with Crippen molar-refractivity contribution in [2.24, 2.45) is 0 Å². The normalized spacial score (nSPS) is 11.1. The molecule has 5 nitrogen and oxygen atoms in total. The molecular formula is C24H23NO4. The molecule has 0 bridgehead atoms. The van der Waals surface area contributed by atoms with E-state index < -0.39 is 12.0 Å². The molecule has 0 aromatic heterocycles. The Kier molecular flexibility index (Phi) is 6.59. The molecule has 3 rings (SSSR count). The van der Waals surface area contributed by atoms with Crippen LogP contribution in [0.2, 0.25) is 0 Å². The number of methoxy groups -OCH3 is 2. The van der Waals surface area contributed by atoms with E-state index in [2.05, 4.69) is 17.2 Å². The molecule has 1 atom stereocenters. The number of carbonyl (C=O) groups excluding carboxylic acids is 1. The molecule has 0 saturated carbocycles. The summed E-state index contributed by atoms with van der Waals surface area (Å²) in [5, 5.41) is 5.23.